The number of nitrogens with one attached hydrogen (secondary N) is 1. The van der Waals surface area contributed by atoms with Crippen LogP contribution in [0.2, 0.25) is 0 Å². The van der Waals surface area contributed by atoms with E-state index in [1.165, 1.54) is 6.07 Å². The number of aliphatic hydroxyl groups is 1. The zero-order chi connectivity index (χ0) is 24.2. The molecule has 34 heavy (non-hydrogen) atoms. The topological polar surface area (TPSA) is 77.4 Å². The van der Waals surface area contributed by atoms with Crippen LogP contribution in [-0.2, 0) is 4.79 Å². The molecule has 3 aliphatic rings. The van der Waals surface area contributed by atoms with Crippen molar-refractivity contribution >= 4 is 17.4 Å². The molecule has 2 N–H and O–H groups in total. The number of amides is 1. The van der Waals surface area contributed by atoms with Crippen molar-refractivity contribution in [3.8, 4) is 16.9 Å². The molecule has 5 rings (SSSR count). The molecule has 0 bridgehead atoms. The molecular formula is C26H31FN4O3. The fraction of sp³-hybridized carbons (Fsp3) is 0.462. The van der Waals surface area contributed by atoms with Gasteiger partial charge in [0.25, 0.3) is 5.91 Å². The van der Waals surface area contributed by atoms with Crippen LogP contribution >= 0.6 is 0 Å². The molecule has 0 spiro atoms. The van der Waals surface area contributed by atoms with Crippen LogP contribution in [0.3, 0.4) is 0 Å². The fourth-order valence-corrected chi connectivity index (χ4v) is 5.49. The number of rotatable bonds is 5. The molecule has 7 nitrogen and oxygen atoms in total. The van der Waals surface area contributed by atoms with E-state index >= 15 is 0 Å². The lowest BCUT2D eigenvalue weighted by Crippen LogP contribution is -2.58. The summed E-state index contributed by atoms with van der Waals surface area (Å²) in [4.78, 5) is 16.5. The monoisotopic (exact) mass is 466 g/mol. The zero-order valence-corrected chi connectivity index (χ0v) is 20.0. The zero-order valence-electron chi connectivity index (χ0n) is 20.0. The van der Waals surface area contributed by atoms with E-state index < -0.39 is 6.04 Å². The molecule has 8 heteroatoms. The van der Waals surface area contributed by atoms with E-state index in [2.05, 4.69) is 29.3 Å². The molecule has 1 saturated heterocycles. The van der Waals surface area contributed by atoms with Gasteiger partial charge < -0.3 is 14.7 Å². The number of ether oxygens (including phenoxy) is 1. The summed E-state index contributed by atoms with van der Waals surface area (Å²) in [5.74, 6) is 0.895. The predicted octanol–water partition coefficient (Wildman–Crippen LogP) is 3.33. The Morgan fingerprint density at radius 2 is 2.00 bits per heavy atom. The average molecular weight is 467 g/mol. The summed E-state index contributed by atoms with van der Waals surface area (Å²) in [5, 5.41) is 14.0. The Kier molecular flexibility index (Phi) is 5.61. The normalized spacial score (nSPS) is 23.0. The number of β-amino-alcohol motifs (C(OH)–C–C–N with tert-alkyl or cyclic N) is 1. The van der Waals surface area contributed by atoms with E-state index in [0.29, 0.717) is 23.7 Å². The van der Waals surface area contributed by atoms with Crippen LogP contribution in [0.15, 0.2) is 41.5 Å². The van der Waals surface area contributed by atoms with Gasteiger partial charge in [-0.2, -0.15) is 5.10 Å². The minimum Gasteiger partial charge on any atom is -0.483 e. The van der Waals surface area contributed by atoms with Crippen LogP contribution in [0.4, 0.5) is 10.1 Å². The summed E-state index contributed by atoms with van der Waals surface area (Å²) >= 11 is 0. The van der Waals surface area contributed by atoms with E-state index in [-0.39, 0.29) is 35.8 Å². The highest BCUT2D eigenvalue weighted by atomic mass is 19.1. The maximum Gasteiger partial charge on any atom is 0.262 e. The van der Waals surface area contributed by atoms with Gasteiger partial charge in [0.1, 0.15) is 24.2 Å². The first-order valence-corrected chi connectivity index (χ1v) is 11.8. The molecule has 1 fully saturated rings. The van der Waals surface area contributed by atoms with E-state index in [4.69, 9.17) is 4.74 Å². The van der Waals surface area contributed by atoms with Crippen LogP contribution in [-0.4, -0.2) is 60.1 Å². The Bertz CT molecular complexity index is 1160. The third-order valence-corrected chi connectivity index (χ3v) is 7.46. The number of fused-ring (bicyclic) bond motifs is 3. The Hall–Kier alpha value is -2.97. The highest BCUT2D eigenvalue weighted by molar-refractivity contribution is 6.09. The van der Waals surface area contributed by atoms with Crippen LogP contribution < -0.4 is 15.1 Å². The van der Waals surface area contributed by atoms with E-state index in [1.54, 1.807) is 19.1 Å². The minimum atomic E-state index is -0.432. The number of likely N-dealkylation sites (tertiary alicyclic amines) is 1. The van der Waals surface area contributed by atoms with Gasteiger partial charge in [0.2, 0.25) is 0 Å². The Morgan fingerprint density at radius 1 is 1.26 bits per heavy atom. The Morgan fingerprint density at radius 3 is 2.71 bits per heavy atom. The molecule has 2 aromatic rings. The molecule has 2 aromatic carbocycles. The summed E-state index contributed by atoms with van der Waals surface area (Å²) in [6.45, 7) is 10.6. The molecule has 3 atom stereocenters. The molecule has 0 unspecified atom stereocenters. The maximum absolute atomic E-state index is 15.0. The largest absolute Gasteiger partial charge is 0.483 e. The number of halogens is 1. The first-order chi connectivity index (χ1) is 16.2. The molecule has 1 amide bonds. The van der Waals surface area contributed by atoms with Crippen LogP contribution in [0.25, 0.3) is 11.1 Å². The van der Waals surface area contributed by atoms with Crippen LogP contribution in [0, 0.1) is 11.2 Å². The number of aliphatic hydroxyl groups excluding tert-OH is 1. The van der Waals surface area contributed by atoms with Crippen LogP contribution in [0.1, 0.15) is 39.2 Å². The Labute approximate surface area is 199 Å². The lowest BCUT2D eigenvalue weighted by molar-refractivity contribution is -0.122. The molecule has 3 aliphatic heterocycles. The summed E-state index contributed by atoms with van der Waals surface area (Å²) in [7, 11) is 0. The molecule has 180 valence electrons. The number of benzene rings is 2. The SMILES string of the molecule is C[C@H](O)CN1CC(C)([C@H](C)c2cc3c(cc2-c2ccccc2F)OCC2=NNC(=O)[C@@H](C)N23)C1. The first kappa shape index (κ1) is 22.8. The molecule has 0 saturated carbocycles. The van der Waals surface area contributed by atoms with Gasteiger partial charge in [-0.25, -0.2) is 9.82 Å². The summed E-state index contributed by atoms with van der Waals surface area (Å²) < 4.78 is 21.0. The number of anilines is 1. The van der Waals surface area contributed by atoms with Crippen molar-refractivity contribution in [2.45, 2.75) is 45.8 Å². The third kappa shape index (κ3) is 3.75. The smallest absolute Gasteiger partial charge is 0.262 e. The highest BCUT2D eigenvalue weighted by Gasteiger charge is 2.45. The summed E-state index contributed by atoms with van der Waals surface area (Å²) in [6, 6.07) is 10.3. The number of carbonyl (C=O) groups excluding carboxylic acids is 1. The Balaban J connectivity index is 1.61. The summed E-state index contributed by atoms with van der Waals surface area (Å²) in [6.07, 6.45) is -0.376. The van der Waals surface area contributed by atoms with Gasteiger partial charge in [0.05, 0.1) is 11.8 Å². The standard InChI is InChI=1S/C26H31FN4O3/c1-15(32)11-30-13-26(4,14-30)16(2)19-9-22-23(10-20(19)18-7-5-6-8-21(18)27)34-12-24-28-29-25(33)17(3)31(22)24/h5-10,15-17,32H,11-14H2,1-4H3,(H,29,33)/t15-,16+,17+/m0/s1. The van der Waals surface area contributed by atoms with Gasteiger partial charge in [-0.3, -0.25) is 9.69 Å². The lowest BCUT2D eigenvalue weighted by Gasteiger charge is -2.52. The van der Waals surface area contributed by atoms with Gasteiger partial charge in [0.15, 0.2) is 5.84 Å². The van der Waals surface area contributed by atoms with E-state index in [9.17, 15) is 14.3 Å². The number of hydrogen-bond acceptors (Lipinski definition) is 6. The second-order valence-corrected chi connectivity index (χ2v) is 10.1. The second-order valence-electron chi connectivity index (χ2n) is 10.1. The van der Waals surface area contributed by atoms with Crippen molar-refractivity contribution < 1.29 is 19.0 Å². The number of nitrogens with zero attached hydrogens (tertiary/aromatic N) is 3. The number of carbonyl (C=O) groups is 1. The van der Waals surface area contributed by atoms with Crippen molar-refractivity contribution in [1.29, 1.82) is 0 Å². The molecule has 0 aliphatic carbocycles. The van der Waals surface area contributed by atoms with E-state index in [0.717, 1.165) is 29.9 Å². The third-order valence-electron chi connectivity index (χ3n) is 7.46. The van der Waals surface area contributed by atoms with Crippen molar-refractivity contribution in [1.82, 2.24) is 10.3 Å². The first-order valence-electron chi connectivity index (χ1n) is 11.8. The van der Waals surface area contributed by atoms with Gasteiger partial charge in [-0.15, -0.1) is 0 Å². The van der Waals surface area contributed by atoms with Gasteiger partial charge in [-0.1, -0.05) is 32.0 Å². The van der Waals surface area contributed by atoms with Crippen molar-refractivity contribution in [3.05, 3.63) is 47.8 Å². The number of hydrogen-bond donors (Lipinski definition) is 2. The molecular weight excluding hydrogens is 435 g/mol. The quantitative estimate of drug-likeness (QED) is 0.707. The lowest BCUT2D eigenvalue weighted by atomic mass is 9.67. The number of hydrazone groups is 1. The predicted molar refractivity (Wildman–Crippen MR) is 129 cm³/mol. The highest BCUT2D eigenvalue weighted by Crippen LogP contribution is 2.49. The summed E-state index contributed by atoms with van der Waals surface area (Å²) in [5.41, 5.74) is 5.63. The second kappa shape index (κ2) is 8.36. The van der Waals surface area contributed by atoms with Crippen molar-refractivity contribution in [2.75, 3.05) is 31.1 Å². The average Bonchev–Trinajstić information content (AvgIpc) is 2.78. The molecule has 0 radical (unpaired) electrons. The number of amidine groups is 1. The van der Waals surface area contributed by atoms with Gasteiger partial charge in [0, 0.05) is 25.2 Å². The molecule has 3 heterocycles. The van der Waals surface area contributed by atoms with Crippen molar-refractivity contribution in [2.24, 2.45) is 10.5 Å². The minimum absolute atomic E-state index is 0.0412. The van der Waals surface area contributed by atoms with Crippen molar-refractivity contribution in [3.63, 3.8) is 0 Å². The maximum atomic E-state index is 15.0. The molecule has 0 aromatic heterocycles. The van der Waals surface area contributed by atoms with Crippen LogP contribution in [0.5, 0.6) is 5.75 Å². The van der Waals surface area contributed by atoms with Gasteiger partial charge in [-0.05, 0) is 54.5 Å². The van der Waals surface area contributed by atoms with Gasteiger partial charge >= 0.3 is 0 Å². The fourth-order valence-electron chi connectivity index (χ4n) is 5.49. The van der Waals surface area contributed by atoms with E-state index in [1.807, 2.05) is 30.0 Å².